The maximum absolute atomic E-state index is 13.0. The van der Waals surface area contributed by atoms with Crippen molar-refractivity contribution >= 4 is 11.8 Å². The van der Waals surface area contributed by atoms with Crippen molar-refractivity contribution in [3.05, 3.63) is 35.4 Å². The summed E-state index contributed by atoms with van der Waals surface area (Å²) in [6, 6.07) is 4.99. The first-order chi connectivity index (χ1) is 11.7. The standard InChI is InChI=1S/C17H21F3N2O3/c1-12(23)21-16(6-8-22(9-7-16)15(24)11-25-2)13-4-3-5-14(10-13)17(18,19)20/h3-5,10H,6-9,11H2,1-2H3,(H,21,23). The van der Waals surface area contributed by atoms with Crippen LogP contribution in [-0.2, 0) is 26.0 Å². The summed E-state index contributed by atoms with van der Waals surface area (Å²) in [7, 11) is 1.42. The third kappa shape index (κ3) is 4.50. The third-order valence-electron chi connectivity index (χ3n) is 4.40. The summed E-state index contributed by atoms with van der Waals surface area (Å²) < 4.78 is 43.9. The Morgan fingerprint density at radius 2 is 1.92 bits per heavy atom. The lowest BCUT2D eigenvalue weighted by Gasteiger charge is -2.42. The Hall–Kier alpha value is -2.09. The maximum atomic E-state index is 13.0. The molecule has 1 heterocycles. The number of halogens is 3. The number of nitrogens with one attached hydrogen (secondary N) is 1. The highest BCUT2D eigenvalue weighted by Crippen LogP contribution is 2.37. The average molecular weight is 358 g/mol. The lowest BCUT2D eigenvalue weighted by Crippen LogP contribution is -2.54. The van der Waals surface area contributed by atoms with E-state index in [1.165, 1.54) is 20.1 Å². The van der Waals surface area contributed by atoms with Crippen LogP contribution in [0.5, 0.6) is 0 Å². The van der Waals surface area contributed by atoms with Crippen molar-refractivity contribution in [2.45, 2.75) is 31.5 Å². The van der Waals surface area contributed by atoms with Crippen molar-refractivity contribution in [3.8, 4) is 0 Å². The maximum Gasteiger partial charge on any atom is 0.416 e. The number of carbonyl (C=O) groups excluding carboxylic acids is 2. The minimum absolute atomic E-state index is 0.0449. The molecule has 1 saturated heterocycles. The number of benzene rings is 1. The summed E-state index contributed by atoms with van der Waals surface area (Å²) in [5, 5.41) is 2.81. The van der Waals surface area contributed by atoms with E-state index in [9.17, 15) is 22.8 Å². The number of nitrogens with zero attached hydrogens (tertiary/aromatic N) is 1. The number of hydrogen-bond acceptors (Lipinski definition) is 3. The second-order valence-corrected chi connectivity index (χ2v) is 6.16. The number of amides is 2. The molecule has 0 aliphatic carbocycles. The first kappa shape index (κ1) is 19.2. The predicted octanol–water partition coefficient (Wildman–Crippen LogP) is 2.31. The van der Waals surface area contributed by atoms with Crippen molar-refractivity contribution in [1.82, 2.24) is 10.2 Å². The SMILES string of the molecule is COCC(=O)N1CCC(NC(C)=O)(c2cccc(C(F)(F)F)c2)CC1. The number of piperidine rings is 1. The fraction of sp³-hybridized carbons (Fsp3) is 0.529. The minimum Gasteiger partial charge on any atom is -0.375 e. The van der Waals surface area contributed by atoms with Crippen LogP contribution in [0.25, 0.3) is 0 Å². The quantitative estimate of drug-likeness (QED) is 0.899. The number of ether oxygens (including phenoxy) is 1. The number of likely N-dealkylation sites (tertiary alicyclic amines) is 1. The van der Waals surface area contributed by atoms with E-state index in [4.69, 9.17) is 4.74 Å². The lowest BCUT2D eigenvalue weighted by molar-refractivity contribution is -0.137. The molecule has 1 aromatic carbocycles. The van der Waals surface area contributed by atoms with Gasteiger partial charge in [-0.1, -0.05) is 12.1 Å². The summed E-state index contributed by atoms with van der Waals surface area (Å²) in [6.45, 7) is 1.95. The molecular formula is C17H21F3N2O3. The van der Waals surface area contributed by atoms with Gasteiger partial charge in [0.2, 0.25) is 11.8 Å². The highest BCUT2D eigenvalue weighted by atomic mass is 19.4. The van der Waals surface area contributed by atoms with E-state index in [0.29, 0.717) is 31.5 Å². The minimum atomic E-state index is -4.46. The number of methoxy groups -OCH3 is 1. The van der Waals surface area contributed by atoms with E-state index in [0.717, 1.165) is 12.1 Å². The van der Waals surface area contributed by atoms with Crippen LogP contribution in [0.3, 0.4) is 0 Å². The monoisotopic (exact) mass is 358 g/mol. The van der Waals surface area contributed by atoms with Gasteiger partial charge in [-0.2, -0.15) is 13.2 Å². The second kappa shape index (κ2) is 7.43. The number of carbonyl (C=O) groups is 2. The Morgan fingerprint density at radius 1 is 1.28 bits per heavy atom. The molecule has 1 aromatic rings. The van der Waals surface area contributed by atoms with Gasteiger partial charge in [-0.15, -0.1) is 0 Å². The Bertz CT molecular complexity index is 638. The van der Waals surface area contributed by atoms with Crippen molar-refractivity contribution in [3.63, 3.8) is 0 Å². The van der Waals surface area contributed by atoms with Gasteiger partial charge in [0.15, 0.2) is 0 Å². The van der Waals surface area contributed by atoms with Crippen LogP contribution >= 0.6 is 0 Å². The van der Waals surface area contributed by atoms with E-state index in [1.54, 1.807) is 11.0 Å². The van der Waals surface area contributed by atoms with Crippen LogP contribution in [0.2, 0.25) is 0 Å². The van der Waals surface area contributed by atoms with Crippen LogP contribution in [-0.4, -0.2) is 43.5 Å². The average Bonchev–Trinajstić information content (AvgIpc) is 2.54. The van der Waals surface area contributed by atoms with Gasteiger partial charge in [0.1, 0.15) is 6.61 Å². The highest BCUT2D eigenvalue weighted by Gasteiger charge is 2.40. The van der Waals surface area contributed by atoms with Gasteiger partial charge in [-0.3, -0.25) is 9.59 Å². The summed E-state index contributed by atoms with van der Waals surface area (Å²) >= 11 is 0. The number of hydrogen-bond donors (Lipinski definition) is 1. The van der Waals surface area contributed by atoms with Gasteiger partial charge >= 0.3 is 6.18 Å². The van der Waals surface area contributed by atoms with Crippen molar-refractivity contribution in [2.75, 3.05) is 26.8 Å². The van der Waals surface area contributed by atoms with Crippen molar-refractivity contribution < 1.29 is 27.5 Å². The lowest BCUT2D eigenvalue weighted by atomic mass is 9.80. The first-order valence-corrected chi connectivity index (χ1v) is 7.91. The molecule has 1 aliphatic rings. The Labute approximate surface area is 144 Å². The Balaban J connectivity index is 2.29. The van der Waals surface area contributed by atoms with Gasteiger partial charge in [0.25, 0.3) is 0 Å². The molecule has 0 atom stereocenters. The molecule has 0 bridgehead atoms. The molecule has 138 valence electrons. The van der Waals surface area contributed by atoms with Gasteiger partial charge < -0.3 is 15.0 Å². The van der Waals surface area contributed by atoms with Crippen molar-refractivity contribution in [2.24, 2.45) is 0 Å². The molecule has 2 rings (SSSR count). The van der Waals surface area contributed by atoms with E-state index >= 15 is 0 Å². The highest BCUT2D eigenvalue weighted by molar-refractivity contribution is 5.78. The van der Waals surface area contributed by atoms with E-state index in [2.05, 4.69) is 5.32 Å². The fourth-order valence-corrected chi connectivity index (χ4v) is 3.17. The van der Waals surface area contributed by atoms with Crippen LogP contribution in [0.15, 0.2) is 24.3 Å². The molecule has 0 aromatic heterocycles. The largest absolute Gasteiger partial charge is 0.416 e. The molecule has 0 spiro atoms. The zero-order chi connectivity index (χ0) is 18.7. The molecule has 5 nitrogen and oxygen atoms in total. The Kier molecular flexibility index (Phi) is 5.72. The topological polar surface area (TPSA) is 58.6 Å². The summed E-state index contributed by atoms with van der Waals surface area (Å²) in [6.07, 6.45) is -3.78. The summed E-state index contributed by atoms with van der Waals surface area (Å²) in [5.41, 5.74) is -1.28. The first-order valence-electron chi connectivity index (χ1n) is 7.91. The van der Waals surface area contributed by atoms with Crippen LogP contribution in [0, 0.1) is 0 Å². The molecule has 8 heteroatoms. The molecule has 0 saturated carbocycles. The van der Waals surface area contributed by atoms with Gasteiger partial charge in [-0.25, -0.2) is 0 Å². The van der Waals surface area contributed by atoms with Crippen LogP contribution in [0.4, 0.5) is 13.2 Å². The van der Waals surface area contributed by atoms with E-state index in [-0.39, 0.29) is 18.4 Å². The molecule has 2 amide bonds. The predicted molar refractivity (Wildman–Crippen MR) is 84.6 cm³/mol. The molecule has 0 unspecified atom stereocenters. The smallest absolute Gasteiger partial charge is 0.375 e. The third-order valence-corrected chi connectivity index (χ3v) is 4.40. The number of alkyl halides is 3. The molecule has 1 N–H and O–H groups in total. The molecule has 25 heavy (non-hydrogen) atoms. The normalized spacial score (nSPS) is 17.2. The summed E-state index contributed by atoms with van der Waals surface area (Å²) in [5.74, 6) is -0.503. The van der Waals surface area contributed by atoms with Crippen molar-refractivity contribution in [1.29, 1.82) is 0 Å². The van der Waals surface area contributed by atoms with Gasteiger partial charge in [0.05, 0.1) is 11.1 Å². The zero-order valence-corrected chi connectivity index (χ0v) is 14.2. The van der Waals surface area contributed by atoms with Crippen LogP contribution < -0.4 is 5.32 Å². The summed E-state index contributed by atoms with van der Waals surface area (Å²) in [4.78, 5) is 25.2. The van der Waals surface area contributed by atoms with Crippen LogP contribution in [0.1, 0.15) is 30.9 Å². The Morgan fingerprint density at radius 3 is 2.44 bits per heavy atom. The fourth-order valence-electron chi connectivity index (χ4n) is 3.17. The van der Waals surface area contributed by atoms with E-state index in [1.807, 2.05) is 0 Å². The molecule has 0 radical (unpaired) electrons. The molecule has 1 fully saturated rings. The van der Waals surface area contributed by atoms with Gasteiger partial charge in [0, 0.05) is 27.1 Å². The zero-order valence-electron chi connectivity index (χ0n) is 14.2. The van der Waals surface area contributed by atoms with Gasteiger partial charge in [-0.05, 0) is 30.5 Å². The van der Waals surface area contributed by atoms with E-state index < -0.39 is 17.3 Å². The molecule has 1 aliphatic heterocycles. The second-order valence-electron chi connectivity index (χ2n) is 6.16. The number of rotatable bonds is 4. The molecular weight excluding hydrogens is 337 g/mol.